The number of benzene rings is 1. The third kappa shape index (κ3) is 2.23. The molecule has 0 saturated heterocycles. The third-order valence-corrected chi connectivity index (χ3v) is 3.21. The van der Waals surface area contributed by atoms with E-state index in [0.717, 1.165) is 31.4 Å². The van der Waals surface area contributed by atoms with Crippen LogP contribution in [0.4, 0.5) is 14.5 Å². The average Bonchev–Trinajstić information content (AvgIpc) is 2.22. The van der Waals surface area contributed by atoms with Gasteiger partial charge in [0.25, 0.3) is 5.91 Å². The highest BCUT2D eigenvalue weighted by molar-refractivity contribution is 5.95. The molecule has 92 valence electrons. The van der Waals surface area contributed by atoms with Gasteiger partial charge >= 0.3 is 0 Å². The van der Waals surface area contributed by atoms with Gasteiger partial charge in [-0.1, -0.05) is 0 Å². The predicted octanol–water partition coefficient (Wildman–Crippen LogP) is 2.22. The maximum atomic E-state index is 13.2. The molecule has 0 aromatic heterocycles. The Hall–Kier alpha value is -1.65. The summed E-state index contributed by atoms with van der Waals surface area (Å²) >= 11 is 0. The molecule has 1 aliphatic carbocycles. The first kappa shape index (κ1) is 11.8. The van der Waals surface area contributed by atoms with E-state index in [1.807, 2.05) is 6.92 Å². The monoisotopic (exact) mass is 240 g/mol. The zero-order valence-corrected chi connectivity index (χ0v) is 9.52. The van der Waals surface area contributed by atoms with Crippen LogP contribution in [0, 0.1) is 11.6 Å². The van der Waals surface area contributed by atoms with E-state index in [0.29, 0.717) is 0 Å². The summed E-state index contributed by atoms with van der Waals surface area (Å²) in [4.78, 5) is 11.8. The fraction of sp³-hybridized carbons (Fsp3) is 0.417. The zero-order valence-electron chi connectivity index (χ0n) is 9.52. The van der Waals surface area contributed by atoms with E-state index in [1.165, 1.54) is 0 Å². The van der Waals surface area contributed by atoms with Crippen molar-refractivity contribution in [3.05, 3.63) is 29.3 Å². The Labute approximate surface area is 98.0 Å². The topological polar surface area (TPSA) is 55.1 Å². The van der Waals surface area contributed by atoms with Crippen molar-refractivity contribution in [1.29, 1.82) is 0 Å². The van der Waals surface area contributed by atoms with Crippen LogP contribution in [-0.4, -0.2) is 11.4 Å². The molecule has 3 N–H and O–H groups in total. The van der Waals surface area contributed by atoms with Gasteiger partial charge in [0.15, 0.2) is 0 Å². The Morgan fingerprint density at radius 3 is 2.29 bits per heavy atom. The highest BCUT2D eigenvalue weighted by atomic mass is 19.1. The van der Waals surface area contributed by atoms with Crippen LogP contribution in [0.15, 0.2) is 12.1 Å². The van der Waals surface area contributed by atoms with Crippen LogP contribution in [0.1, 0.15) is 36.5 Å². The molecule has 1 fully saturated rings. The van der Waals surface area contributed by atoms with Gasteiger partial charge in [-0.3, -0.25) is 4.79 Å². The number of nitrogens with two attached hydrogens (primary N) is 1. The van der Waals surface area contributed by atoms with Crippen molar-refractivity contribution >= 4 is 11.6 Å². The lowest BCUT2D eigenvalue weighted by Gasteiger charge is -2.39. The maximum Gasteiger partial charge on any atom is 0.251 e. The summed E-state index contributed by atoms with van der Waals surface area (Å²) < 4.78 is 26.4. The zero-order chi connectivity index (χ0) is 12.6. The summed E-state index contributed by atoms with van der Waals surface area (Å²) in [5.41, 5.74) is 4.29. The number of carbonyl (C=O) groups is 1. The second-order valence-corrected chi connectivity index (χ2v) is 4.72. The summed E-state index contributed by atoms with van der Waals surface area (Å²) in [6, 6.07) is 1.91. The number of carbonyl (C=O) groups excluding carboxylic acids is 1. The van der Waals surface area contributed by atoms with Crippen molar-refractivity contribution in [3.8, 4) is 0 Å². The summed E-state index contributed by atoms with van der Waals surface area (Å²) in [5, 5.41) is 2.77. The molecule has 0 spiro atoms. The summed E-state index contributed by atoms with van der Waals surface area (Å²) in [6.07, 6.45) is 2.83. The van der Waals surface area contributed by atoms with Gasteiger partial charge in [-0.15, -0.1) is 0 Å². The lowest BCUT2D eigenvalue weighted by molar-refractivity contribution is 0.0849. The van der Waals surface area contributed by atoms with E-state index in [2.05, 4.69) is 5.32 Å². The molecule has 0 unspecified atom stereocenters. The van der Waals surface area contributed by atoms with E-state index >= 15 is 0 Å². The van der Waals surface area contributed by atoms with Gasteiger partial charge in [-0.2, -0.15) is 0 Å². The second kappa shape index (κ2) is 3.98. The number of anilines is 1. The summed E-state index contributed by atoms with van der Waals surface area (Å²) in [5.74, 6) is -2.28. The van der Waals surface area contributed by atoms with Gasteiger partial charge in [-0.25, -0.2) is 8.78 Å². The Morgan fingerprint density at radius 1 is 1.35 bits per heavy atom. The van der Waals surface area contributed by atoms with Gasteiger partial charge in [0, 0.05) is 11.1 Å². The maximum absolute atomic E-state index is 13.2. The molecule has 1 aliphatic rings. The van der Waals surface area contributed by atoms with Crippen LogP contribution >= 0.6 is 0 Å². The molecular weight excluding hydrogens is 226 g/mol. The quantitative estimate of drug-likeness (QED) is 0.779. The van der Waals surface area contributed by atoms with Crippen molar-refractivity contribution in [2.75, 3.05) is 5.73 Å². The molecule has 0 atom stereocenters. The van der Waals surface area contributed by atoms with Crippen LogP contribution < -0.4 is 11.1 Å². The fourth-order valence-electron chi connectivity index (χ4n) is 1.89. The molecule has 2 rings (SSSR count). The average molecular weight is 240 g/mol. The molecular formula is C12H14F2N2O. The van der Waals surface area contributed by atoms with E-state index in [4.69, 9.17) is 5.73 Å². The van der Waals surface area contributed by atoms with Crippen molar-refractivity contribution in [2.24, 2.45) is 0 Å². The predicted molar refractivity (Wildman–Crippen MR) is 60.5 cm³/mol. The van der Waals surface area contributed by atoms with Gasteiger partial charge < -0.3 is 11.1 Å². The smallest absolute Gasteiger partial charge is 0.251 e. The Kier molecular flexibility index (Phi) is 2.77. The fourth-order valence-corrected chi connectivity index (χ4v) is 1.89. The molecule has 1 saturated carbocycles. The van der Waals surface area contributed by atoms with Crippen molar-refractivity contribution in [1.82, 2.24) is 5.32 Å². The number of nitrogens with one attached hydrogen (secondary N) is 1. The lowest BCUT2D eigenvalue weighted by Crippen LogP contribution is -2.50. The van der Waals surface area contributed by atoms with E-state index in [1.54, 1.807) is 0 Å². The standard InChI is InChI=1S/C12H14F2N2O/c1-12(3-2-4-12)16-11(17)7-5-8(13)10(15)9(14)6-7/h5-6H,2-4,15H2,1H3,(H,16,17). The molecule has 0 heterocycles. The summed E-state index contributed by atoms with van der Waals surface area (Å²) in [7, 11) is 0. The van der Waals surface area contributed by atoms with Crippen LogP contribution in [0.3, 0.4) is 0 Å². The molecule has 3 nitrogen and oxygen atoms in total. The highest BCUT2D eigenvalue weighted by Gasteiger charge is 2.33. The van der Waals surface area contributed by atoms with Crippen molar-refractivity contribution < 1.29 is 13.6 Å². The minimum atomic E-state index is -0.908. The normalized spacial score (nSPS) is 17.4. The SMILES string of the molecule is CC1(NC(=O)c2cc(F)c(N)c(F)c2)CCC1. The van der Waals surface area contributed by atoms with Crippen LogP contribution in [-0.2, 0) is 0 Å². The van der Waals surface area contributed by atoms with Crippen molar-refractivity contribution in [3.63, 3.8) is 0 Å². The van der Waals surface area contributed by atoms with Gasteiger partial charge in [-0.05, 0) is 38.3 Å². The Balaban J connectivity index is 2.19. The molecule has 0 aliphatic heterocycles. The minimum absolute atomic E-state index is 0.0395. The molecule has 1 aromatic carbocycles. The molecule has 0 radical (unpaired) electrons. The first-order valence-electron chi connectivity index (χ1n) is 5.48. The van der Waals surface area contributed by atoms with E-state index < -0.39 is 23.2 Å². The number of amides is 1. The number of rotatable bonds is 2. The molecule has 1 amide bonds. The Morgan fingerprint density at radius 2 is 1.88 bits per heavy atom. The first-order chi connectivity index (χ1) is 7.91. The molecule has 5 heteroatoms. The van der Waals surface area contributed by atoms with E-state index in [-0.39, 0.29) is 11.1 Å². The molecule has 0 bridgehead atoms. The van der Waals surface area contributed by atoms with Crippen molar-refractivity contribution in [2.45, 2.75) is 31.7 Å². The largest absolute Gasteiger partial charge is 0.394 e. The molecule has 1 aromatic rings. The first-order valence-corrected chi connectivity index (χ1v) is 5.48. The van der Waals surface area contributed by atoms with Gasteiger partial charge in [0.1, 0.15) is 17.3 Å². The van der Waals surface area contributed by atoms with Crippen LogP contribution in [0.5, 0.6) is 0 Å². The highest BCUT2D eigenvalue weighted by Crippen LogP contribution is 2.31. The van der Waals surface area contributed by atoms with Gasteiger partial charge in [0.05, 0.1) is 0 Å². The van der Waals surface area contributed by atoms with E-state index in [9.17, 15) is 13.6 Å². The van der Waals surface area contributed by atoms with Crippen LogP contribution in [0.25, 0.3) is 0 Å². The van der Waals surface area contributed by atoms with Crippen LogP contribution in [0.2, 0.25) is 0 Å². The minimum Gasteiger partial charge on any atom is -0.394 e. The Bertz CT molecular complexity index is 447. The number of hydrogen-bond donors (Lipinski definition) is 2. The van der Waals surface area contributed by atoms with Gasteiger partial charge in [0.2, 0.25) is 0 Å². The number of hydrogen-bond acceptors (Lipinski definition) is 2. The lowest BCUT2D eigenvalue weighted by atomic mass is 9.78. The number of nitrogen functional groups attached to an aromatic ring is 1. The number of halogens is 2. The molecule has 17 heavy (non-hydrogen) atoms. The summed E-state index contributed by atoms with van der Waals surface area (Å²) in [6.45, 7) is 1.92. The third-order valence-electron chi connectivity index (χ3n) is 3.21. The second-order valence-electron chi connectivity index (χ2n) is 4.72.